The first-order chi connectivity index (χ1) is 39.4. The van der Waals surface area contributed by atoms with Gasteiger partial charge >= 0.3 is 13.8 Å². The zero-order valence-corrected chi connectivity index (χ0v) is 55.7. The first kappa shape index (κ1) is 79.2. The SMILES string of the molecule is CCCCC/C=C\C/C=C\CCCCCCCCCCCCCCCCCC(=O)NC(COP(=O)(O)OCC[N+](C)(C)C)C(/C=C\CCCCCCCCCCC)OC(=O)CCCCCCCCCCCCCCCCCCCCC. The smallest absolute Gasteiger partial charge is 0.456 e. The van der Waals surface area contributed by atoms with Crippen LogP contribution in [0.1, 0.15) is 355 Å². The molecule has 9 nitrogen and oxygen atoms in total. The Balaban J connectivity index is 4.99. The minimum absolute atomic E-state index is 0.0434. The average molecular weight is 1160 g/mol. The third-order valence-electron chi connectivity index (χ3n) is 16.1. The lowest BCUT2D eigenvalue weighted by atomic mass is 10.0. The van der Waals surface area contributed by atoms with Crippen molar-refractivity contribution in [3.05, 3.63) is 36.5 Å². The summed E-state index contributed by atoms with van der Waals surface area (Å²) in [5.74, 6) is -0.485. The van der Waals surface area contributed by atoms with Gasteiger partial charge in [-0.25, -0.2) is 4.57 Å². The van der Waals surface area contributed by atoms with Gasteiger partial charge in [0.1, 0.15) is 19.3 Å². The van der Waals surface area contributed by atoms with Gasteiger partial charge < -0.3 is 19.4 Å². The van der Waals surface area contributed by atoms with Gasteiger partial charge in [0.2, 0.25) is 5.91 Å². The van der Waals surface area contributed by atoms with Crippen molar-refractivity contribution < 1.29 is 37.3 Å². The van der Waals surface area contributed by atoms with Crippen molar-refractivity contribution in [2.24, 2.45) is 0 Å². The van der Waals surface area contributed by atoms with Gasteiger partial charge in [-0.1, -0.05) is 314 Å². The summed E-state index contributed by atoms with van der Waals surface area (Å²) < 4.78 is 30.8. The molecule has 1 amide bonds. The van der Waals surface area contributed by atoms with E-state index in [4.69, 9.17) is 13.8 Å². The third-order valence-corrected chi connectivity index (χ3v) is 17.1. The molecule has 0 saturated carbocycles. The monoisotopic (exact) mass is 1160 g/mol. The number of hydrogen-bond donors (Lipinski definition) is 2. The Labute approximate surface area is 504 Å². The van der Waals surface area contributed by atoms with Crippen molar-refractivity contribution >= 4 is 19.7 Å². The topological polar surface area (TPSA) is 111 Å². The minimum atomic E-state index is -4.45. The number of quaternary nitrogens is 1. The van der Waals surface area contributed by atoms with Crippen molar-refractivity contribution in [2.45, 2.75) is 367 Å². The van der Waals surface area contributed by atoms with Crippen LogP contribution in [0.15, 0.2) is 36.5 Å². The maximum absolute atomic E-state index is 13.6. The largest absolute Gasteiger partial charge is 0.472 e. The van der Waals surface area contributed by atoms with Gasteiger partial charge in [0, 0.05) is 12.8 Å². The number of nitrogens with one attached hydrogen (secondary N) is 1. The van der Waals surface area contributed by atoms with E-state index >= 15 is 0 Å². The maximum Gasteiger partial charge on any atom is 0.472 e. The zero-order chi connectivity index (χ0) is 59.3. The van der Waals surface area contributed by atoms with E-state index in [1.165, 1.54) is 257 Å². The molecule has 0 bridgehead atoms. The number of esters is 1. The Morgan fingerprint density at radius 3 is 1.14 bits per heavy atom. The molecule has 0 aromatic carbocycles. The second kappa shape index (κ2) is 61.3. The zero-order valence-electron chi connectivity index (χ0n) is 54.8. The molecule has 0 heterocycles. The minimum Gasteiger partial charge on any atom is -0.456 e. The van der Waals surface area contributed by atoms with E-state index in [1.54, 1.807) is 0 Å². The number of phosphoric ester groups is 1. The summed E-state index contributed by atoms with van der Waals surface area (Å²) in [6.45, 7) is 7.04. The highest BCUT2D eigenvalue weighted by Crippen LogP contribution is 2.43. The number of nitrogens with zero attached hydrogens (tertiary/aromatic N) is 1. The van der Waals surface area contributed by atoms with Crippen LogP contribution in [0.5, 0.6) is 0 Å². The lowest BCUT2D eigenvalue weighted by Gasteiger charge is -2.27. The predicted molar refractivity (Wildman–Crippen MR) is 351 cm³/mol. The van der Waals surface area contributed by atoms with Crippen LogP contribution in [-0.4, -0.2) is 74.3 Å². The van der Waals surface area contributed by atoms with Crippen molar-refractivity contribution in [1.82, 2.24) is 5.32 Å². The van der Waals surface area contributed by atoms with Gasteiger partial charge in [-0.15, -0.1) is 0 Å². The fourth-order valence-electron chi connectivity index (χ4n) is 10.6. The summed E-state index contributed by atoms with van der Waals surface area (Å²) in [6.07, 6.45) is 75.9. The molecule has 0 fully saturated rings. The Morgan fingerprint density at radius 1 is 0.432 bits per heavy atom. The summed E-state index contributed by atoms with van der Waals surface area (Å²) in [7, 11) is 1.51. The van der Waals surface area contributed by atoms with E-state index in [0.29, 0.717) is 23.9 Å². The Morgan fingerprint density at radius 2 is 0.753 bits per heavy atom. The average Bonchev–Trinajstić information content (AvgIpc) is 3.44. The van der Waals surface area contributed by atoms with E-state index in [1.807, 2.05) is 33.3 Å². The highest BCUT2D eigenvalue weighted by atomic mass is 31.2. The summed E-state index contributed by atoms with van der Waals surface area (Å²) in [4.78, 5) is 37.8. The first-order valence-electron chi connectivity index (χ1n) is 35.3. The highest BCUT2D eigenvalue weighted by Gasteiger charge is 2.30. The Bertz CT molecular complexity index is 1480. The van der Waals surface area contributed by atoms with Gasteiger partial charge in [0.05, 0.1) is 33.8 Å². The summed E-state index contributed by atoms with van der Waals surface area (Å²) >= 11 is 0. The van der Waals surface area contributed by atoms with E-state index in [0.717, 1.165) is 64.2 Å². The second-order valence-corrected chi connectivity index (χ2v) is 26.9. The quantitative estimate of drug-likeness (QED) is 0.0205. The van der Waals surface area contributed by atoms with Gasteiger partial charge in [-0.2, -0.15) is 0 Å². The van der Waals surface area contributed by atoms with Crippen molar-refractivity contribution in [2.75, 3.05) is 40.9 Å². The molecule has 0 rings (SSSR count). The van der Waals surface area contributed by atoms with E-state index in [2.05, 4.69) is 50.4 Å². The molecule has 0 radical (unpaired) electrons. The molecule has 0 spiro atoms. The summed E-state index contributed by atoms with van der Waals surface area (Å²) in [6, 6.07) is -0.844. The van der Waals surface area contributed by atoms with Crippen molar-refractivity contribution in [3.63, 3.8) is 0 Å². The molecular formula is C71H138N2O7P+. The molecule has 2 N–H and O–H groups in total. The molecule has 3 atom stereocenters. The molecule has 478 valence electrons. The standard InChI is InChI=1S/C71H137N2O7P/c1-7-10-13-16-19-22-25-27-29-31-33-34-35-36-37-38-40-41-43-45-48-51-54-57-60-63-70(74)72-68(67-79-81(76,77)78-66-65-73(4,5)6)69(62-59-56-53-50-47-24-21-18-15-12-9-3)80-71(75)64-61-58-55-52-49-46-44-42-39-32-30-28-26-23-20-17-14-11-8-2/h19,22,27,29,59,62,68-69H,7-18,20-21,23-26,28,30-58,60-61,63-67H2,1-6H3,(H-,72,74,76,77)/p+1/b22-19-,29-27-,62-59-. The van der Waals surface area contributed by atoms with Crippen LogP contribution in [0.3, 0.4) is 0 Å². The fraction of sp³-hybridized carbons (Fsp3) is 0.887. The highest BCUT2D eigenvalue weighted by molar-refractivity contribution is 7.47. The van der Waals surface area contributed by atoms with Crippen LogP contribution < -0.4 is 5.32 Å². The number of carbonyl (C=O) groups is 2. The van der Waals surface area contributed by atoms with Gasteiger partial charge in [0.25, 0.3) is 0 Å². The fourth-order valence-corrected chi connectivity index (χ4v) is 11.4. The molecule has 0 saturated heterocycles. The molecule has 81 heavy (non-hydrogen) atoms. The molecule has 0 aromatic heterocycles. The predicted octanol–water partition coefficient (Wildman–Crippen LogP) is 22.2. The molecule has 3 unspecified atom stereocenters. The number of unbranched alkanes of at least 4 members (excludes halogenated alkanes) is 45. The van der Waals surface area contributed by atoms with Crippen molar-refractivity contribution in [1.29, 1.82) is 0 Å². The van der Waals surface area contributed by atoms with Crippen LogP contribution in [-0.2, 0) is 27.9 Å². The molecule has 0 aliphatic carbocycles. The Hall–Kier alpha value is -1.77. The van der Waals surface area contributed by atoms with Gasteiger partial charge in [0.15, 0.2) is 0 Å². The molecule has 10 heteroatoms. The number of hydrogen-bond acceptors (Lipinski definition) is 6. The summed E-state index contributed by atoms with van der Waals surface area (Å²) in [5, 5.41) is 3.07. The number of phosphoric acid groups is 1. The number of allylic oxidation sites excluding steroid dienone is 5. The lowest BCUT2D eigenvalue weighted by molar-refractivity contribution is -0.870. The van der Waals surface area contributed by atoms with E-state index < -0.39 is 20.0 Å². The van der Waals surface area contributed by atoms with Crippen LogP contribution in [0.25, 0.3) is 0 Å². The van der Waals surface area contributed by atoms with Crippen molar-refractivity contribution in [3.8, 4) is 0 Å². The number of likely N-dealkylation sites (N-methyl/N-ethyl adjacent to an activating group) is 1. The number of ether oxygens (including phenoxy) is 1. The normalized spacial score (nSPS) is 13.7. The Kier molecular flexibility index (Phi) is 60.0. The van der Waals surface area contributed by atoms with Crippen LogP contribution in [0.4, 0.5) is 0 Å². The second-order valence-electron chi connectivity index (χ2n) is 25.4. The van der Waals surface area contributed by atoms with Gasteiger partial charge in [-0.3, -0.25) is 18.6 Å². The van der Waals surface area contributed by atoms with Crippen LogP contribution >= 0.6 is 7.82 Å². The van der Waals surface area contributed by atoms with Crippen LogP contribution in [0, 0.1) is 0 Å². The number of amides is 1. The maximum atomic E-state index is 13.6. The van der Waals surface area contributed by atoms with Crippen LogP contribution in [0.2, 0.25) is 0 Å². The molecule has 0 aliphatic rings. The number of carbonyl (C=O) groups excluding carboxylic acids is 2. The number of rotatable bonds is 65. The summed E-state index contributed by atoms with van der Waals surface area (Å²) in [5.41, 5.74) is 0. The van der Waals surface area contributed by atoms with Gasteiger partial charge in [-0.05, 0) is 63.9 Å². The molecule has 0 aromatic rings. The van der Waals surface area contributed by atoms with E-state index in [9.17, 15) is 19.0 Å². The first-order valence-corrected chi connectivity index (χ1v) is 36.8. The molecule has 0 aliphatic heterocycles. The molecular weight excluding hydrogens is 1020 g/mol. The third kappa shape index (κ3) is 62.6. The lowest BCUT2D eigenvalue weighted by Crippen LogP contribution is -2.47. The van der Waals surface area contributed by atoms with E-state index in [-0.39, 0.29) is 25.1 Å².